The summed E-state index contributed by atoms with van der Waals surface area (Å²) in [5, 5.41) is 12.6. The van der Waals surface area contributed by atoms with Crippen LogP contribution in [0.15, 0.2) is 0 Å². The molecule has 0 aromatic heterocycles. The Morgan fingerprint density at radius 2 is 1.92 bits per heavy atom. The van der Waals surface area contributed by atoms with Crippen LogP contribution in [0.1, 0.15) is 25.7 Å². The lowest BCUT2D eigenvalue weighted by Gasteiger charge is -2.19. The van der Waals surface area contributed by atoms with Crippen molar-refractivity contribution in [2.75, 3.05) is 13.1 Å². The van der Waals surface area contributed by atoms with E-state index in [0.29, 0.717) is 12.6 Å². The van der Waals surface area contributed by atoms with E-state index in [4.69, 9.17) is 4.74 Å². The summed E-state index contributed by atoms with van der Waals surface area (Å²) in [6.07, 6.45) is 5.14. The predicted octanol–water partition coefficient (Wildman–Crippen LogP) is 0.278. The molecule has 0 spiro atoms. The third kappa shape index (κ3) is 1.79. The van der Waals surface area contributed by atoms with Gasteiger partial charge in [-0.25, -0.2) is 0 Å². The van der Waals surface area contributed by atoms with E-state index in [1.807, 2.05) is 0 Å². The van der Waals surface area contributed by atoms with Crippen LogP contribution >= 0.6 is 0 Å². The van der Waals surface area contributed by atoms with Gasteiger partial charge in [-0.1, -0.05) is 12.8 Å². The highest BCUT2D eigenvalue weighted by Gasteiger charge is 2.29. The molecule has 2 atom stereocenters. The van der Waals surface area contributed by atoms with Gasteiger partial charge in [0.2, 0.25) is 0 Å². The fraction of sp³-hybridized carbons (Fsp3) is 1.00. The molecule has 0 unspecified atom stereocenters. The van der Waals surface area contributed by atoms with E-state index in [0.717, 1.165) is 6.54 Å². The molecule has 1 aliphatic carbocycles. The van der Waals surface area contributed by atoms with Crippen LogP contribution in [0.4, 0.5) is 0 Å². The molecule has 0 bridgehead atoms. The van der Waals surface area contributed by atoms with Gasteiger partial charge in [0.1, 0.15) is 0 Å². The second kappa shape index (κ2) is 3.73. The zero-order valence-electron chi connectivity index (χ0n) is 7.33. The summed E-state index contributed by atoms with van der Waals surface area (Å²) in [4.78, 5) is 0. The first kappa shape index (κ1) is 8.48. The summed E-state index contributed by atoms with van der Waals surface area (Å²) in [5.74, 6) is 0. The van der Waals surface area contributed by atoms with Crippen LogP contribution in [-0.4, -0.2) is 36.5 Å². The first-order valence-electron chi connectivity index (χ1n) is 4.90. The monoisotopic (exact) mass is 171 g/mol. The first-order chi connectivity index (χ1) is 5.86. The molecule has 1 heterocycles. The van der Waals surface area contributed by atoms with Crippen LogP contribution in [0.3, 0.4) is 0 Å². The number of β-amino-alcohol motifs (C(OH)–C–C–N with tert-alkyl or cyclic N) is 1. The molecule has 0 aromatic rings. The fourth-order valence-electron chi connectivity index (χ4n) is 2.05. The van der Waals surface area contributed by atoms with E-state index in [-0.39, 0.29) is 12.2 Å². The zero-order valence-corrected chi connectivity index (χ0v) is 7.33. The van der Waals surface area contributed by atoms with Gasteiger partial charge in [-0.3, -0.25) is 0 Å². The smallest absolute Gasteiger partial charge is 0.0974 e. The third-order valence-corrected chi connectivity index (χ3v) is 2.80. The lowest BCUT2D eigenvalue weighted by Crippen LogP contribution is -2.30. The van der Waals surface area contributed by atoms with Gasteiger partial charge >= 0.3 is 0 Å². The van der Waals surface area contributed by atoms with Crippen LogP contribution in [0, 0.1) is 0 Å². The highest BCUT2D eigenvalue weighted by atomic mass is 16.5. The predicted molar refractivity (Wildman–Crippen MR) is 46.0 cm³/mol. The number of hydrogen-bond acceptors (Lipinski definition) is 3. The summed E-state index contributed by atoms with van der Waals surface area (Å²) in [7, 11) is 0. The van der Waals surface area contributed by atoms with Crippen molar-refractivity contribution < 1.29 is 9.84 Å². The number of rotatable bonds is 2. The van der Waals surface area contributed by atoms with E-state index < -0.39 is 0 Å². The zero-order chi connectivity index (χ0) is 8.39. The SMILES string of the molecule is O[C@H]1CNC[C@@H]1OC1CCCC1. The summed E-state index contributed by atoms with van der Waals surface area (Å²) in [5.41, 5.74) is 0. The Balaban J connectivity index is 1.77. The maximum absolute atomic E-state index is 9.46. The normalized spacial score (nSPS) is 37.8. The molecule has 12 heavy (non-hydrogen) atoms. The van der Waals surface area contributed by atoms with Crippen LogP contribution in [0.25, 0.3) is 0 Å². The first-order valence-corrected chi connectivity index (χ1v) is 4.90. The molecular formula is C9H17NO2. The maximum Gasteiger partial charge on any atom is 0.0974 e. The van der Waals surface area contributed by atoms with Gasteiger partial charge in [0, 0.05) is 13.1 Å². The number of hydrogen-bond donors (Lipinski definition) is 2. The van der Waals surface area contributed by atoms with Gasteiger partial charge in [0.25, 0.3) is 0 Å². The van der Waals surface area contributed by atoms with E-state index in [1.54, 1.807) is 0 Å². The molecule has 2 rings (SSSR count). The van der Waals surface area contributed by atoms with Crippen molar-refractivity contribution in [3.05, 3.63) is 0 Å². The average Bonchev–Trinajstić information content (AvgIpc) is 2.65. The van der Waals surface area contributed by atoms with Crippen molar-refractivity contribution in [1.29, 1.82) is 0 Å². The Morgan fingerprint density at radius 3 is 2.50 bits per heavy atom. The second-order valence-corrected chi connectivity index (χ2v) is 3.81. The molecular weight excluding hydrogens is 154 g/mol. The van der Waals surface area contributed by atoms with Crippen LogP contribution in [0.5, 0.6) is 0 Å². The molecule has 0 radical (unpaired) electrons. The standard InChI is InChI=1S/C9H17NO2/c11-8-5-10-6-9(8)12-7-3-1-2-4-7/h7-11H,1-6H2/t8-,9-/m0/s1. The second-order valence-electron chi connectivity index (χ2n) is 3.81. The average molecular weight is 171 g/mol. The Bertz CT molecular complexity index is 145. The fourth-order valence-corrected chi connectivity index (χ4v) is 2.05. The Morgan fingerprint density at radius 1 is 1.17 bits per heavy atom. The lowest BCUT2D eigenvalue weighted by molar-refractivity contribution is -0.0498. The minimum absolute atomic E-state index is 0.0492. The quantitative estimate of drug-likeness (QED) is 0.627. The van der Waals surface area contributed by atoms with E-state index in [9.17, 15) is 5.11 Å². The van der Waals surface area contributed by atoms with Gasteiger partial charge in [-0.2, -0.15) is 0 Å². The Kier molecular flexibility index (Phi) is 2.63. The topological polar surface area (TPSA) is 41.5 Å². The molecule has 1 aliphatic heterocycles. The molecule has 0 aromatic carbocycles. The van der Waals surface area contributed by atoms with E-state index >= 15 is 0 Å². The number of nitrogens with one attached hydrogen (secondary N) is 1. The van der Waals surface area contributed by atoms with Gasteiger partial charge in [0.05, 0.1) is 18.3 Å². The molecule has 2 aliphatic rings. The van der Waals surface area contributed by atoms with Crippen LogP contribution < -0.4 is 5.32 Å². The number of aliphatic hydroxyl groups is 1. The Labute approximate surface area is 73.1 Å². The number of ether oxygens (including phenoxy) is 1. The summed E-state index contributed by atoms with van der Waals surface area (Å²) >= 11 is 0. The summed E-state index contributed by atoms with van der Waals surface area (Å²) < 4.78 is 5.77. The summed E-state index contributed by atoms with van der Waals surface area (Å²) in [6, 6.07) is 0. The highest BCUT2D eigenvalue weighted by molar-refractivity contribution is 4.83. The highest BCUT2D eigenvalue weighted by Crippen LogP contribution is 2.23. The van der Waals surface area contributed by atoms with Crippen molar-refractivity contribution in [1.82, 2.24) is 5.32 Å². The minimum atomic E-state index is -0.286. The van der Waals surface area contributed by atoms with Crippen LogP contribution in [0.2, 0.25) is 0 Å². The lowest BCUT2D eigenvalue weighted by atomic mass is 10.2. The van der Waals surface area contributed by atoms with Crippen molar-refractivity contribution in [3.63, 3.8) is 0 Å². The molecule has 0 amide bonds. The van der Waals surface area contributed by atoms with E-state index in [1.165, 1.54) is 25.7 Å². The maximum atomic E-state index is 9.46. The molecule has 1 saturated heterocycles. The van der Waals surface area contributed by atoms with Crippen molar-refractivity contribution >= 4 is 0 Å². The van der Waals surface area contributed by atoms with Gasteiger partial charge in [-0.05, 0) is 12.8 Å². The van der Waals surface area contributed by atoms with Gasteiger partial charge in [0.15, 0.2) is 0 Å². The molecule has 2 N–H and O–H groups in total. The van der Waals surface area contributed by atoms with E-state index in [2.05, 4.69) is 5.32 Å². The molecule has 3 heteroatoms. The Hall–Kier alpha value is -0.120. The van der Waals surface area contributed by atoms with Crippen molar-refractivity contribution in [2.45, 2.75) is 44.0 Å². The van der Waals surface area contributed by atoms with Gasteiger partial charge in [-0.15, -0.1) is 0 Å². The minimum Gasteiger partial charge on any atom is -0.389 e. The van der Waals surface area contributed by atoms with Gasteiger partial charge < -0.3 is 15.2 Å². The molecule has 1 saturated carbocycles. The molecule has 70 valence electrons. The van der Waals surface area contributed by atoms with Crippen molar-refractivity contribution in [3.8, 4) is 0 Å². The summed E-state index contributed by atoms with van der Waals surface area (Å²) in [6.45, 7) is 1.51. The largest absolute Gasteiger partial charge is 0.389 e. The number of aliphatic hydroxyl groups excluding tert-OH is 1. The van der Waals surface area contributed by atoms with Crippen LogP contribution in [-0.2, 0) is 4.74 Å². The molecule has 2 fully saturated rings. The van der Waals surface area contributed by atoms with Crippen molar-refractivity contribution in [2.24, 2.45) is 0 Å². The third-order valence-electron chi connectivity index (χ3n) is 2.80. The molecule has 3 nitrogen and oxygen atoms in total.